The van der Waals surface area contributed by atoms with Gasteiger partial charge in [0.2, 0.25) is 0 Å². The Morgan fingerprint density at radius 3 is 2.75 bits per heavy atom. The number of carbonyl (C=O) groups is 1. The molecule has 5 aliphatic rings. The monoisotopic (exact) mass is 780 g/mol. The highest BCUT2D eigenvalue weighted by Gasteiger charge is 2.61. The minimum Gasteiger partial charge on any atom is -0.507 e. The van der Waals surface area contributed by atoms with Crippen molar-refractivity contribution in [3.8, 4) is 22.8 Å². The van der Waals surface area contributed by atoms with Crippen LogP contribution in [0, 0.1) is 6.92 Å². The maximum Gasteiger partial charge on any atom is 0.341 e. The van der Waals surface area contributed by atoms with Crippen LogP contribution in [0.5, 0.6) is 11.5 Å². The van der Waals surface area contributed by atoms with Gasteiger partial charge in [-0.1, -0.05) is 21.6 Å². The Hall–Kier alpha value is -4.99. The van der Waals surface area contributed by atoms with Gasteiger partial charge in [-0.15, -0.1) is 0 Å². The molecule has 9 rings (SSSR count). The van der Waals surface area contributed by atoms with Gasteiger partial charge >= 0.3 is 5.97 Å². The van der Waals surface area contributed by atoms with Gasteiger partial charge in [0.05, 0.1) is 29.7 Å². The highest BCUT2D eigenvalue weighted by Crippen LogP contribution is 2.47. The van der Waals surface area contributed by atoms with Gasteiger partial charge in [-0.25, -0.2) is 14.8 Å². The van der Waals surface area contributed by atoms with E-state index in [1.807, 2.05) is 37.5 Å². The first-order chi connectivity index (χ1) is 26.4. The number of carbonyl (C=O) groups excluding carboxylic acids is 1. The lowest BCUT2D eigenvalue weighted by atomic mass is 9.86. The second-order valence-corrected chi connectivity index (χ2v) is 17.7. The van der Waals surface area contributed by atoms with Crippen LogP contribution in [0.25, 0.3) is 22.2 Å². The predicted molar refractivity (Wildman–Crippen MR) is 213 cm³/mol. The molecule has 1 fully saturated rings. The zero-order chi connectivity index (χ0) is 38.2. The number of aryl methyl sites for hydroxylation is 2. The lowest BCUT2D eigenvalue weighted by Gasteiger charge is -2.42. The van der Waals surface area contributed by atoms with E-state index in [2.05, 4.69) is 16.0 Å². The molecular weight excluding hydrogens is 741 g/mol. The molecular formula is C40H40N6O7S2. The van der Waals surface area contributed by atoms with E-state index in [9.17, 15) is 14.7 Å². The van der Waals surface area contributed by atoms with Gasteiger partial charge in [0.15, 0.2) is 11.0 Å². The summed E-state index contributed by atoms with van der Waals surface area (Å²) in [5.74, 6) is 2.06. The number of epoxide rings is 1. The zero-order valence-electron chi connectivity index (χ0n) is 30.6. The number of anilines is 2. The minimum atomic E-state index is -1.16. The van der Waals surface area contributed by atoms with Crippen LogP contribution in [0.15, 0.2) is 68.1 Å². The highest BCUT2D eigenvalue weighted by molar-refractivity contribution is 8.76. The zero-order valence-corrected chi connectivity index (χ0v) is 32.2. The standard InChI is InChI=1S/C40H40N6O7S2/c1-20-10-29(47)35-31(50-20)15-30-25(36(35)48)14-33-39(2,52-30)7-9-54-55-19-26-24(13-23(44-37(26)42)17-46-16-22-6-8-43-28(22)18-46)27-11-21(12-34(41)45-27)4-5-32-40(3,53-32)38(49)51-33/h6,8,10-13,15,18,32-33,48H,4-5,7,9,14,16-17,19H2,1-3H3,(H2,41,45)(H2,42,44)/t32-,33-,39+,40+/m1/s1. The van der Waals surface area contributed by atoms with Crippen LogP contribution in [0.3, 0.4) is 0 Å². The number of fused-ring (bicyclic) bond motifs is 9. The molecule has 2 bridgehead atoms. The van der Waals surface area contributed by atoms with E-state index in [-0.39, 0.29) is 34.7 Å². The average Bonchev–Trinajstić information content (AvgIpc) is 3.37. The molecule has 284 valence electrons. The molecule has 4 aromatic rings. The number of hydrogen-bond donors (Lipinski definition) is 3. The van der Waals surface area contributed by atoms with Crippen LogP contribution in [0.1, 0.15) is 54.8 Å². The molecule has 4 atom stereocenters. The fourth-order valence-corrected chi connectivity index (χ4v) is 10.2. The molecule has 0 spiro atoms. The van der Waals surface area contributed by atoms with E-state index >= 15 is 0 Å². The first kappa shape index (κ1) is 35.7. The number of aliphatic imine (C=N–C) groups is 1. The molecule has 55 heavy (non-hydrogen) atoms. The highest BCUT2D eigenvalue weighted by atomic mass is 33.1. The lowest BCUT2D eigenvalue weighted by Crippen LogP contribution is -2.52. The van der Waals surface area contributed by atoms with E-state index < -0.39 is 23.3 Å². The smallest absolute Gasteiger partial charge is 0.341 e. The lowest BCUT2D eigenvalue weighted by molar-refractivity contribution is -0.168. The second kappa shape index (κ2) is 13.3. The molecule has 0 amide bonds. The summed E-state index contributed by atoms with van der Waals surface area (Å²) >= 11 is 0. The van der Waals surface area contributed by atoms with E-state index in [1.54, 1.807) is 41.5 Å². The Labute approximate surface area is 324 Å². The number of nitrogens with two attached hydrogens (primary N) is 2. The van der Waals surface area contributed by atoms with Gasteiger partial charge in [-0.2, -0.15) is 0 Å². The van der Waals surface area contributed by atoms with Crippen molar-refractivity contribution in [2.45, 2.75) is 82.2 Å². The summed E-state index contributed by atoms with van der Waals surface area (Å²) < 4.78 is 24.7. The molecule has 15 heteroatoms. The maximum absolute atomic E-state index is 13.9. The van der Waals surface area contributed by atoms with Gasteiger partial charge in [0.25, 0.3) is 0 Å². The van der Waals surface area contributed by atoms with E-state index in [0.717, 1.165) is 34.6 Å². The van der Waals surface area contributed by atoms with Crippen molar-refractivity contribution in [1.82, 2.24) is 14.9 Å². The van der Waals surface area contributed by atoms with Gasteiger partial charge in [-0.3, -0.25) is 9.79 Å². The van der Waals surface area contributed by atoms with Crippen molar-refractivity contribution in [3.63, 3.8) is 0 Å². The quantitative estimate of drug-likeness (QED) is 0.126. The summed E-state index contributed by atoms with van der Waals surface area (Å²) in [6.45, 7) is 6.63. The summed E-state index contributed by atoms with van der Waals surface area (Å²) in [5.41, 5.74) is 17.6. The van der Waals surface area contributed by atoms with Crippen molar-refractivity contribution < 1.29 is 28.5 Å². The van der Waals surface area contributed by atoms with Crippen LogP contribution in [0.4, 0.5) is 11.6 Å². The van der Waals surface area contributed by atoms with Gasteiger partial charge in [0, 0.05) is 77.7 Å². The van der Waals surface area contributed by atoms with Crippen molar-refractivity contribution in [2.24, 2.45) is 4.99 Å². The molecule has 8 heterocycles. The van der Waals surface area contributed by atoms with E-state index in [0.29, 0.717) is 71.7 Å². The molecule has 0 unspecified atom stereocenters. The SMILES string of the molecule is Cc1cc(=O)c2c(O)c3c(cc2o1)O[C@@]1(C)CCSSCc2c(cc(CN4C=C5N=CC=C5C4)nc2N)-c2cc(cc(N)n2)CC[C@H]2O[C@]2(C)C(=O)O[C@@H]1C3. The number of benzene rings is 1. The van der Waals surface area contributed by atoms with Crippen LogP contribution >= 0.6 is 21.6 Å². The van der Waals surface area contributed by atoms with Crippen molar-refractivity contribution in [1.29, 1.82) is 0 Å². The Balaban J connectivity index is 1.04. The third kappa shape index (κ3) is 6.51. The fraction of sp³-hybridized carbons (Fsp3) is 0.375. The maximum atomic E-state index is 13.9. The third-order valence-electron chi connectivity index (χ3n) is 11.1. The Kier molecular flexibility index (Phi) is 8.66. The largest absolute Gasteiger partial charge is 0.507 e. The molecule has 1 aromatic carbocycles. The van der Waals surface area contributed by atoms with E-state index in [1.165, 1.54) is 11.6 Å². The van der Waals surface area contributed by atoms with Crippen LogP contribution in [-0.2, 0) is 39.4 Å². The van der Waals surface area contributed by atoms with Crippen LogP contribution in [0.2, 0.25) is 0 Å². The second-order valence-electron chi connectivity index (χ2n) is 15.1. The Morgan fingerprint density at radius 2 is 1.91 bits per heavy atom. The topological polar surface area (TPSA) is 192 Å². The molecule has 0 aliphatic carbocycles. The van der Waals surface area contributed by atoms with Crippen LogP contribution < -0.4 is 21.6 Å². The van der Waals surface area contributed by atoms with Gasteiger partial charge in [0.1, 0.15) is 51.6 Å². The minimum absolute atomic E-state index is 0.0664. The van der Waals surface area contributed by atoms with Crippen molar-refractivity contribution in [3.05, 3.63) is 92.2 Å². The number of esters is 1. The number of allylic oxidation sites excluding steroid dienone is 1. The fourth-order valence-electron chi connectivity index (χ4n) is 7.92. The molecule has 0 saturated carbocycles. The Morgan fingerprint density at radius 1 is 1.05 bits per heavy atom. The number of nitrogens with zero attached hydrogens (tertiary/aromatic N) is 4. The summed E-state index contributed by atoms with van der Waals surface area (Å²) in [5, 5.41) is 11.4. The van der Waals surface area contributed by atoms with Crippen molar-refractivity contribution >= 4 is 56.4 Å². The molecule has 5 N–H and O–H groups in total. The number of nitrogen functional groups attached to an aromatic ring is 2. The summed E-state index contributed by atoms with van der Waals surface area (Å²) in [6.07, 6.45) is 6.49. The predicted octanol–water partition coefficient (Wildman–Crippen LogP) is 5.78. The van der Waals surface area contributed by atoms with Gasteiger partial charge in [-0.05, 0) is 63.5 Å². The molecule has 0 radical (unpaired) electrons. The summed E-state index contributed by atoms with van der Waals surface area (Å²) in [7, 11) is 3.27. The van der Waals surface area contributed by atoms with Crippen molar-refractivity contribution in [2.75, 3.05) is 23.8 Å². The number of phenols is 1. The molecule has 1 saturated heterocycles. The molecule has 3 aromatic heterocycles. The number of phenolic OH excluding ortho intramolecular Hbond substituents is 1. The van der Waals surface area contributed by atoms with E-state index in [4.69, 9.17) is 40.1 Å². The number of hydrogen-bond acceptors (Lipinski definition) is 15. The van der Waals surface area contributed by atoms with Gasteiger partial charge < -0.3 is 40.1 Å². The molecule has 5 aliphatic heterocycles. The summed E-state index contributed by atoms with van der Waals surface area (Å²) in [4.78, 5) is 43.0. The third-order valence-corrected chi connectivity index (χ3v) is 13.4. The Bertz CT molecular complexity index is 2450. The average molecular weight is 781 g/mol. The normalized spacial score (nSPS) is 25.9. The first-order valence-electron chi connectivity index (χ1n) is 18.2. The number of rotatable bonds is 2. The summed E-state index contributed by atoms with van der Waals surface area (Å²) in [6, 6.07) is 8.92. The molecule has 13 nitrogen and oxygen atoms in total. The van der Waals surface area contributed by atoms with Crippen LogP contribution in [-0.4, -0.2) is 67.9 Å². The first-order valence-corrected chi connectivity index (χ1v) is 20.7. The number of ether oxygens (including phenoxy) is 3. The number of aromatic hydroxyl groups is 1. The number of pyridine rings is 2. The number of aromatic nitrogens is 2.